The van der Waals surface area contributed by atoms with Crippen LogP contribution in [0.25, 0.3) is 0 Å². The first-order chi connectivity index (χ1) is 10.1. The Morgan fingerprint density at radius 3 is 2.67 bits per heavy atom. The highest BCUT2D eigenvalue weighted by atomic mass is 35.5. The average Bonchev–Trinajstić information content (AvgIpc) is 2.89. The first-order valence-electron chi connectivity index (χ1n) is 6.27. The molecule has 0 atom stereocenters. The predicted octanol–water partition coefficient (Wildman–Crippen LogP) is 2.26. The van der Waals surface area contributed by atoms with Gasteiger partial charge in [-0.05, 0) is 18.6 Å². The van der Waals surface area contributed by atoms with Gasteiger partial charge in [-0.1, -0.05) is 11.6 Å². The normalized spacial score (nSPS) is 10.3. The predicted molar refractivity (Wildman–Crippen MR) is 77.3 cm³/mol. The van der Waals surface area contributed by atoms with Crippen molar-refractivity contribution in [1.82, 2.24) is 15.1 Å². The van der Waals surface area contributed by atoms with Crippen LogP contribution in [-0.2, 0) is 6.54 Å². The molecule has 1 N–H and O–H groups in total. The van der Waals surface area contributed by atoms with Crippen LogP contribution in [0.3, 0.4) is 0 Å². The van der Waals surface area contributed by atoms with Crippen LogP contribution in [0.5, 0.6) is 0 Å². The van der Waals surface area contributed by atoms with Crippen LogP contribution in [0.2, 0.25) is 5.02 Å². The third kappa shape index (κ3) is 4.28. The van der Waals surface area contributed by atoms with E-state index in [9.17, 15) is 14.9 Å². The monoisotopic (exact) mass is 308 g/mol. The second kappa shape index (κ2) is 6.85. The molecule has 0 radical (unpaired) electrons. The molecule has 0 aliphatic carbocycles. The van der Waals surface area contributed by atoms with Crippen LogP contribution in [0.4, 0.5) is 5.69 Å². The number of amides is 1. The molecule has 0 unspecified atom stereocenters. The van der Waals surface area contributed by atoms with Gasteiger partial charge in [-0.25, -0.2) is 0 Å². The second-order valence-corrected chi connectivity index (χ2v) is 4.77. The Morgan fingerprint density at radius 1 is 1.38 bits per heavy atom. The molecule has 1 aromatic heterocycles. The van der Waals surface area contributed by atoms with Gasteiger partial charge in [0, 0.05) is 37.0 Å². The van der Waals surface area contributed by atoms with Gasteiger partial charge in [0.2, 0.25) is 0 Å². The topological polar surface area (TPSA) is 90.1 Å². The molecule has 1 heterocycles. The number of aryl methyl sites for hydroxylation is 1. The van der Waals surface area contributed by atoms with Crippen molar-refractivity contribution in [2.75, 3.05) is 6.54 Å². The Kier molecular flexibility index (Phi) is 4.89. The van der Waals surface area contributed by atoms with Crippen LogP contribution in [0, 0.1) is 10.1 Å². The largest absolute Gasteiger partial charge is 0.352 e. The van der Waals surface area contributed by atoms with Gasteiger partial charge in [0.1, 0.15) is 0 Å². The van der Waals surface area contributed by atoms with Gasteiger partial charge in [0.05, 0.1) is 16.1 Å². The number of benzene rings is 1. The Hall–Kier alpha value is -2.41. The van der Waals surface area contributed by atoms with Crippen LogP contribution >= 0.6 is 11.6 Å². The fourth-order valence-corrected chi connectivity index (χ4v) is 1.90. The fourth-order valence-electron chi connectivity index (χ4n) is 1.74. The smallest absolute Gasteiger partial charge is 0.269 e. The molecule has 0 fully saturated rings. The van der Waals surface area contributed by atoms with Crippen molar-refractivity contribution in [3.05, 3.63) is 57.4 Å². The van der Waals surface area contributed by atoms with E-state index in [0.717, 1.165) is 0 Å². The summed E-state index contributed by atoms with van der Waals surface area (Å²) in [4.78, 5) is 21.8. The molecule has 0 spiro atoms. The summed E-state index contributed by atoms with van der Waals surface area (Å²) >= 11 is 5.74. The molecule has 2 rings (SSSR count). The van der Waals surface area contributed by atoms with E-state index in [-0.39, 0.29) is 11.6 Å². The molecular formula is C13H13ClN4O3. The zero-order chi connectivity index (χ0) is 15.2. The molecule has 21 heavy (non-hydrogen) atoms. The third-order valence-corrected chi connectivity index (χ3v) is 2.99. The van der Waals surface area contributed by atoms with Crippen LogP contribution in [0.15, 0.2) is 36.7 Å². The van der Waals surface area contributed by atoms with Gasteiger partial charge in [0.25, 0.3) is 11.6 Å². The van der Waals surface area contributed by atoms with E-state index in [2.05, 4.69) is 10.4 Å². The molecular weight excluding hydrogens is 296 g/mol. The number of hydrogen-bond acceptors (Lipinski definition) is 4. The number of hydrogen-bond donors (Lipinski definition) is 1. The van der Waals surface area contributed by atoms with E-state index in [1.807, 2.05) is 0 Å². The fraction of sp³-hybridized carbons (Fsp3) is 0.231. The van der Waals surface area contributed by atoms with E-state index < -0.39 is 4.92 Å². The van der Waals surface area contributed by atoms with Crippen molar-refractivity contribution < 1.29 is 9.72 Å². The summed E-state index contributed by atoms with van der Waals surface area (Å²) < 4.78 is 1.69. The van der Waals surface area contributed by atoms with Crippen LogP contribution < -0.4 is 5.32 Å². The highest BCUT2D eigenvalue weighted by Gasteiger charge is 2.08. The van der Waals surface area contributed by atoms with Crippen molar-refractivity contribution >= 4 is 23.2 Å². The van der Waals surface area contributed by atoms with Gasteiger partial charge in [-0.2, -0.15) is 5.10 Å². The lowest BCUT2D eigenvalue weighted by Gasteiger charge is -2.05. The Morgan fingerprint density at radius 2 is 2.10 bits per heavy atom. The molecule has 7 nitrogen and oxygen atoms in total. The molecule has 110 valence electrons. The molecule has 0 aliphatic heterocycles. The number of carbonyl (C=O) groups excluding carboxylic acids is 1. The molecule has 2 aromatic rings. The highest BCUT2D eigenvalue weighted by molar-refractivity contribution is 6.30. The summed E-state index contributed by atoms with van der Waals surface area (Å²) in [5.74, 6) is -0.261. The maximum absolute atomic E-state index is 11.8. The van der Waals surface area contributed by atoms with E-state index in [0.29, 0.717) is 30.1 Å². The van der Waals surface area contributed by atoms with Gasteiger partial charge in [-0.15, -0.1) is 0 Å². The van der Waals surface area contributed by atoms with E-state index in [1.54, 1.807) is 17.1 Å². The third-order valence-electron chi connectivity index (χ3n) is 2.79. The second-order valence-electron chi connectivity index (χ2n) is 4.34. The number of nitro groups is 1. The average molecular weight is 309 g/mol. The summed E-state index contributed by atoms with van der Waals surface area (Å²) in [5.41, 5.74) is 0.352. The van der Waals surface area contributed by atoms with Crippen molar-refractivity contribution in [1.29, 1.82) is 0 Å². The van der Waals surface area contributed by atoms with Crippen LogP contribution in [0.1, 0.15) is 16.8 Å². The minimum absolute atomic E-state index is 0.0397. The number of aromatic nitrogens is 2. The summed E-state index contributed by atoms with van der Waals surface area (Å²) in [7, 11) is 0. The summed E-state index contributed by atoms with van der Waals surface area (Å²) in [5, 5.41) is 17.9. The quantitative estimate of drug-likeness (QED) is 0.503. The maximum atomic E-state index is 11.8. The first kappa shape index (κ1) is 15.0. The number of nitrogens with zero attached hydrogens (tertiary/aromatic N) is 3. The number of nitrogens with one attached hydrogen (secondary N) is 1. The first-order valence-corrected chi connectivity index (χ1v) is 6.64. The lowest BCUT2D eigenvalue weighted by atomic mass is 10.2. The van der Waals surface area contributed by atoms with E-state index in [4.69, 9.17) is 11.6 Å². The maximum Gasteiger partial charge on any atom is 0.269 e. The van der Waals surface area contributed by atoms with Crippen LogP contribution in [-0.4, -0.2) is 27.2 Å². The van der Waals surface area contributed by atoms with Crippen molar-refractivity contribution in [2.24, 2.45) is 0 Å². The zero-order valence-electron chi connectivity index (χ0n) is 11.0. The molecule has 0 aliphatic rings. The zero-order valence-corrected chi connectivity index (χ0v) is 11.8. The summed E-state index contributed by atoms with van der Waals surface area (Å²) in [6.45, 7) is 1.13. The lowest BCUT2D eigenvalue weighted by molar-refractivity contribution is -0.384. The summed E-state index contributed by atoms with van der Waals surface area (Å²) in [6.07, 6.45) is 3.97. The summed E-state index contributed by atoms with van der Waals surface area (Å²) in [6, 6.07) is 5.47. The van der Waals surface area contributed by atoms with Gasteiger partial charge in [-0.3, -0.25) is 19.6 Å². The molecule has 0 bridgehead atoms. The standard InChI is InChI=1S/C13H13ClN4O3/c14-11-8-16-17(9-11)7-1-6-15-13(19)10-2-4-12(5-3-10)18(20)21/h2-5,8-9H,1,6-7H2,(H,15,19). The molecule has 0 saturated heterocycles. The van der Waals surface area contributed by atoms with Gasteiger partial charge >= 0.3 is 0 Å². The number of nitro benzene ring substituents is 1. The SMILES string of the molecule is O=C(NCCCn1cc(Cl)cn1)c1ccc([N+](=O)[O-])cc1. The molecule has 0 saturated carbocycles. The minimum Gasteiger partial charge on any atom is -0.352 e. The highest BCUT2D eigenvalue weighted by Crippen LogP contribution is 2.11. The molecule has 1 amide bonds. The van der Waals surface area contributed by atoms with Gasteiger partial charge < -0.3 is 5.32 Å². The number of rotatable bonds is 6. The Balaban J connectivity index is 1.77. The van der Waals surface area contributed by atoms with Crippen molar-refractivity contribution in [3.8, 4) is 0 Å². The molecule has 8 heteroatoms. The van der Waals surface area contributed by atoms with Crippen molar-refractivity contribution in [2.45, 2.75) is 13.0 Å². The van der Waals surface area contributed by atoms with E-state index in [1.165, 1.54) is 24.3 Å². The number of non-ortho nitro benzene ring substituents is 1. The van der Waals surface area contributed by atoms with Gasteiger partial charge in [0.15, 0.2) is 0 Å². The molecule has 1 aromatic carbocycles. The lowest BCUT2D eigenvalue weighted by Crippen LogP contribution is -2.25. The minimum atomic E-state index is -0.503. The number of carbonyl (C=O) groups is 1. The van der Waals surface area contributed by atoms with E-state index >= 15 is 0 Å². The Labute approximate surface area is 125 Å². The Bertz CT molecular complexity index is 639. The number of halogens is 1. The van der Waals surface area contributed by atoms with Crippen molar-refractivity contribution in [3.63, 3.8) is 0 Å².